The van der Waals surface area contributed by atoms with Crippen LogP contribution in [0.2, 0.25) is 4.34 Å². The van der Waals surface area contributed by atoms with Crippen LogP contribution in [0.4, 0.5) is 10.8 Å². The Balaban J connectivity index is 1.31. The van der Waals surface area contributed by atoms with Gasteiger partial charge in [0.05, 0.1) is 0 Å². The Labute approximate surface area is 264 Å². The Morgan fingerprint density at radius 1 is 1.34 bits per heavy atom. The van der Waals surface area contributed by atoms with Gasteiger partial charge in [0, 0.05) is 54.8 Å². The zero-order valence-electron chi connectivity index (χ0n) is 23.6. The highest BCUT2D eigenvalue weighted by Crippen LogP contribution is 2.40. The van der Waals surface area contributed by atoms with E-state index in [1.54, 1.807) is 0 Å². The van der Waals surface area contributed by atoms with Gasteiger partial charge in [-0.15, -0.1) is 11.8 Å². The molecule has 5 heterocycles. The van der Waals surface area contributed by atoms with E-state index < -0.39 is 47.0 Å². The number of nitrogen functional groups attached to an aromatic ring is 1. The molecular formula is C26H30ClN8O7S2+. The van der Waals surface area contributed by atoms with Crippen molar-refractivity contribution in [1.29, 1.82) is 0 Å². The van der Waals surface area contributed by atoms with Crippen LogP contribution in [0.3, 0.4) is 0 Å². The Hall–Kier alpha value is -3.93. The molecule has 2 fully saturated rings. The van der Waals surface area contributed by atoms with Gasteiger partial charge in [-0.1, -0.05) is 28.1 Å². The van der Waals surface area contributed by atoms with E-state index in [0.717, 1.165) is 36.7 Å². The molecule has 0 bridgehead atoms. The summed E-state index contributed by atoms with van der Waals surface area (Å²) in [6.07, 6.45) is 2.37. The number of hydrogen-bond acceptors (Lipinski definition) is 12. The maximum Gasteiger partial charge on any atom is 0.352 e. The number of nitrogens with one attached hydrogen (secondary N) is 2. The van der Waals surface area contributed by atoms with E-state index in [0.29, 0.717) is 17.4 Å². The number of carbonyl (C=O) groups excluding carboxylic acids is 2. The quantitative estimate of drug-likeness (QED) is 0.0992. The summed E-state index contributed by atoms with van der Waals surface area (Å²) in [5.41, 5.74) is 6.57. The third kappa shape index (κ3) is 6.45. The Bertz CT molecular complexity index is 1550. The minimum atomic E-state index is -1.40. The second kappa shape index (κ2) is 13.0. The van der Waals surface area contributed by atoms with E-state index in [2.05, 4.69) is 32.6 Å². The summed E-state index contributed by atoms with van der Waals surface area (Å²) in [4.78, 5) is 62.4. The van der Waals surface area contributed by atoms with Gasteiger partial charge in [-0.3, -0.25) is 14.5 Å². The molecule has 2 aromatic heterocycles. The maximum atomic E-state index is 13.3. The Kier molecular flexibility index (Phi) is 9.28. The minimum Gasteiger partial charge on any atom is -0.478 e. The predicted octanol–water partition coefficient (Wildman–Crippen LogP) is 0.0969. The van der Waals surface area contributed by atoms with Crippen molar-refractivity contribution in [2.45, 2.75) is 44.0 Å². The third-order valence-corrected chi connectivity index (χ3v) is 9.63. The van der Waals surface area contributed by atoms with Crippen LogP contribution in [0.1, 0.15) is 19.5 Å². The van der Waals surface area contributed by atoms with Crippen LogP contribution in [0.25, 0.3) is 0 Å². The van der Waals surface area contributed by atoms with Crippen molar-refractivity contribution in [3.05, 3.63) is 45.8 Å². The topological polar surface area (TPSA) is 204 Å². The minimum absolute atomic E-state index is 0.00495. The molecule has 5 rings (SSSR count). The van der Waals surface area contributed by atoms with E-state index in [-0.39, 0.29) is 27.4 Å². The number of aliphatic carboxylic acids is 2. The lowest BCUT2D eigenvalue weighted by atomic mass is 10.0. The molecule has 18 heteroatoms. The number of carbonyl (C=O) groups is 4. The van der Waals surface area contributed by atoms with Crippen LogP contribution in [-0.2, 0) is 30.6 Å². The molecule has 44 heavy (non-hydrogen) atoms. The summed E-state index contributed by atoms with van der Waals surface area (Å²) in [6, 6.07) is 3.26. The van der Waals surface area contributed by atoms with Crippen molar-refractivity contribution in [2.24, 2.45) is 5.16 Å². The largest absolute Gasteiger partial charge is 0.478 e. The molecule has 0 aromatic carbocycles. The van der Waals surface area contributed by atoms with Crippen LogP contribution in [0.15, 0.2) is 41.0 Å². The first-order valence-corrected chi connectivity index (χ1v) is 15.8. The van der Waals surface area contributed by atoms with Crippen molar-refractivity contribution < 1.29 is 38.8 Å². The summed E-state index contributed by atoms with van der Waals surface area (Å²) < 4.78 is 1.87. The van der Waals surface area contributed by atoms with Crippen molar-refractivity contribution in [1.82, 2.24) is 20.5 Å². The molecule has 0 spiro atoms. The fraction of sp³-hybridized carbons (Fsp3) is 0.423. The second-order valence-corrected chi connectivity index (χ2v) is 13.1. The number of amides is 2. The Morgan fingerprint density at radius 2 is 2.07 bits per heavy atom. The van der Waals surface area contributed by atoms with Gasteiger partial charge in [-0.25, -0.2) is 19.1 Å². The molecule has 2 amide bonds. The van der Waals surface area contributed by atoms with Gasteiger partial charge in [0.25, 0.3) is 11.8 Å². The number of β-lactam (4-membered cyclic amide) rings is 1. The Morgan fingerprint density at radius 3 is 2.68 bits per heavy atom. The first kappa shape index (κ1) is 31.5. The number of aromatic nitrogens is 2. The molecule has 2 aromatic rings. The van der Waals surface area contributed by atoms with Crippen molar-refractivity contribution >= 4 is 75.0 Å². The average Bonchev–Trinajstić information content (AvgIpc) is 3.32. The fourth-order valence-corrected chi connectivity index (χ4v) is 7.26. The number of piperazine rings is 1. The summed E-state index contributed by atoms with van der Waals surface area (Å²) >= 11 is 8.34. The smallest absolute Gasteiger partial charge is 0.352 e. The summed E-state index contributed by atoms with van der Waals surface area (Å²) in [5.74, 6) is -3.82. The number of anilines is 2. The number of pyridine rings is 1. The van der Waals surface area contributed by atoms with Crippen molar-refractivity contribution in [3.8, 4) is 0 Å². The van der Waals surface area contributed by atoms with E-state index in [1.165, 1.54) is 23.6 Å². The fourth-order valence-electron chi connectivity index (χ4n) is 5.00. The highest BCUT2D eigenvalue weighted by atomic mass is 35.5. The number of rotatable bonds is 10. The zero-order chi connectivity index (χ0) is 31.7. The number of nitrogens with zero attached hydrogens (tertiary/aromatic N) is 5. The molecule has 0 saturated carbocycles. The molecule has 0 aliphatic carbocycles. The number of thioether (sulfide) groups is 1. The summed E-state index contributed by atoms with van der Waals surface area (Å²) in [5, 5.41) is 28.1. The number of carboxylic acids is 2. The van der Waals surface area contributed by atoms with Gasteiger partial charge in [0.1, 0.15) is 27.1 Å². The number of fused-ring (bicyclic) bond motifs is 1. The van der Waals surface area contributed by atoms with Crippen LogP contribution in [0, 0.1) is 0 Å². The molecule has 2 saturated heterocycles. The van der Waals surface area contributed by atoms with Gasteiger partial charge in [-0.05, 0) is 13.8 Å². The van der Waals surface area contributed by atoms with E-state index in [9.17, 15) is 24.3 Å². The van der Waals surface area contributed by atoms with E-state index in [4.69, 9.17) is 27.3 Å². The molecule has 3 aliphatic rings. The van der Waals surface area contributed by atoms with Crippen LogP contribution < -0.4 is 25.8 Å². The standard InChI is InChI=1S/C26H29ClN8O7S2/c1-12-9-34(8-5-29-12)15-3-6-33(7-4-15)10-14-11-43-23-18(22(37)35(23)19(14)25(40)41)30-21(36)17(32-42-13(2)24(38)39)16-20(27)44-26(28)31-16/h3-4,6-7,12-13,18,23,29H,5,8-11H2,1-2H3,(H4-,28,30,31,36,38,39,40,41)/p+1/b32-17-/t12?,13-,18+,23+/m0/s1. The number of hydrogen-bond donors (Lipinski definition) is 5. The van der Waals surface area contributed by atoms with Crippen LogP contribution in [0.5, 0.6) is 0 Å². The van der Waals surface area contributed by atoms with Gasteiger partial charge in [0.2, 0.25) is 6.10 Å². The van der Waals surface area contributed by atoms with Gasteiger partial charge in [0.15, 0.2) is 29.8 Å². The number of thiazole rings is 1. The SMILES string of the molecule is CC1CN(c2cc[n+](CC3=C(C(=O)O)N4C(=O)[C@@H](NC(=O)/C(=N\O[C@@H](C)C(=O)O)c5nc(N)sc5Cl)[C@H]4SC3)cc2)CCN1. The second-order valence-electron chi connectivity index (χ2n) is 10.3. The van der Waals surface area contributed by atoms with Crippen LogP contribution >= 0.6 is 34.7 Å². The van der Waals surface area contributed by atoms with E-state index in [1.807, 2.05) is 29.1 Å². The normalized spacial score (nSPS) is 22.7. The predicted molar refractivity (Wildman–Crippen MR) is 162 cm³/mol. The number of halogens is 1. The van der Waals surface area contributed by atoms with E-state index >= 15 is 0 Å². The van der Waals surface area contributed by atoms with Crippen LogP contribution in [-0.4, -0.2) is 98.5 Å². The number of carboxylic acid groups (broad SMARTS) is 2. The molecule has 4 atom stereocenters. The van der Waals surface area contributed by atoms with Crippen molar-refractivity contribution in [3.63, 3.8) is 0 Å². The third-order valence-electron chi connectivity index (χ3n) is 7.21. The monoisotopic (exact) mass is 665 g/mol. The van der Waals surface area contributed by atoms with Gasteiger partial charge in [-0.2, -0.15) is 0 Å². The molecule has 15 nitrogen and oxygen atoms in total. The summed E-state index contributed by atoms with van der Waals surface area (Å²) in [7, 11) is 0. The lowest BCUT2D eigenvalue weighted by Gasteiger charge is -2.49. The first-order chi connectivity index (χ1) is 20.9. The molecule has 6 N–H and O–H groups in total. The van der Waals surface area contributed by atoms with Crippen molar-refractivity contribution in [2.75, 3.05) is 36.0 Å². The number of oxime groups is 1. The van der Waals surface area contributed by atoms with Gasteiger partial charge >= 0.3 is 11.9 Å². The average molecular weight is 666 g/mol. The zero-order valence-corrected chi connectivity index (χ0v) is 26.0. The maximum absolute atomic E-state index is 13.3. The number of nitrogens with two attached hydrogens (primary N) is 1. The lowest BCUT2D eigenvalue weighted by molar-refractivity contribution is -0.689. The molecule has 3 aliphatic heterocycles. The molecular weight excluding hydrogens is 636 g/mol. The summed E-state index contributed by atoms with van der Waals surface area (Å²) in [6.45, 7) is 6.28. The highest BCUT2D eigenvalue weighted by molar-refractivity contribution is 8.00. The van der Waals surface area contributed by atoms with Gasteiger partial charge < -0.3 is 36.3 Å². The molecule has 0 radical (unpaired) electrons. The molecule has 1 unspecified atom stereocenters. The first-order valence-electron chi connectivity index (χ1n) is 13.5. The lowest BCUT2D eigenvalue weighted by Crippen LogP contribution is -2.71. The molecule has 234 valence electrons. The highest BCUT2D eigenvalue weighted by Gasteiger charge is 2.55.